The van der Waals surface area contributed by atoms with E-state index in [2.05, 4.69) is 86.5 Å². The van der Waals surface area contributed by atoms with E-state index in [0.717, 1.165) is 18.8 Å². The maximum Gasteiger partial charge on any atom is 0.0660 e. The number of hydrogen-bond acceptors (Lipinski definition) is 4. The van der Waals surface area contributed by atoms with Crippen molar-refractivity contribution in [3.63, 3.8) is 0 Å². The predicted octanol–water partition coefficient (Wildman–Crippen LogP) is 4.79. The highest BCUT2D eigenvalue weighted by Crippen LogP contribution is 2.25. The molecule has 0 aromatic heterocycles. The molecule has 2 aromatic carbocycles. The number of benzene rings is 2. The molecule has 0 radical (unpaired) electrons. The minimum Gasteiger partial charge on any atom is -0.383 e. The Morgan fingerprint density at radius 3 is 2.93 bits per heavy atom. The summed E-state index contributed by atoms with van der Waals surface area (Å²) in [6.45, 7) is 3.71. The average molecular weight is 487 g/mol. The summed E-state index contributed by atoms with van der Waals surface area (Å²) in [6.07, 6.45) is 6.57. The normalized spacial score (nSPS) is 20.5. The molecule has 1 N–H and O–H groups in total. The standard InChI is InChI=1S/C23H26IN3O/c1-28-16-22-3-2-10-27(22)15-17-4-8-21(9-5-17)26-14-19-13-25-12-18-6-7-20(24)11-23(18)19/h4-9,11-12,14,22,26H,2-3,10,13,15-16H2,1H3/b19-14+/t22-/m0/s1. The highest BCUT2D eigenvalue weighted by molar-refractivity contribution is 14.1. The van der Waals surface area contributed by atoms with Crippen molar-refractivity contribution in [1.82, 2.24) is 4.90 Å². The Morgan fingerprint density at radius 2 is 2.11 bits per heavy atom. The first-order valence-electron chi connectivity index (χ1n) is 9.80. The number of ether oxygens (including phenoxy) is 1. The Balaban J connectivity index is 1.41. The molecule has 2 heterocycles. The Morgan fingerprint density at radius 1 is 1.25 bits per heavy atom. The third-order valence-corrected chi connectivity index (χ3v) is 6.14. The van der Waals surface area contributed by atoms with Crippen LogP contribution in [0.15, 0.2) is 53.7 Å². The van der Waals surface area contributed by atoms with Gasteiger partial charge in [0.15, 0.2) is 0 Å². The van der Waals surface area contributed by atoms with Crippen molar-refractivity contribution in [2.24, 2.45) is 4.99 Å². The number of halogens is 1. The Labute approximate surface area is 180 Å². The molecule has 5 heteroatoms. The van der Waals surface area contributed by atoms with E-state index < -0.39 is 0 Å². The first-order valence-corrected chi connectivity index (χ1v) is 10.9. The number of aliphatic imine (C=N–C) groups is 1. The molecular formula is C23H26IN3O. The lowest BCUT2D eigenvalue weighted by Crippen LogP contribution is -2.32. The third kappa shape index (κ3) is 4.64. The van der Waals surface area contributed by atoms with Crippen LogP contribution in [-0.4, -0.2) is 44.0 Å². The zero-order valence-electron chi connectivity index (χ0n) is 16.2. The highest BCUT2D eigenvalue weighted by atomic mass is 127. The minimum atomic E-state index is 0.558. The second-order valence-corrected chi connectivity index (χ2v) is 8.68. The lowest BCUT2D eigenvalue weighted by atomic mass is 9.99. The number of hydrogen-bond donors (Lipinski definition) is 1. The molecule has 4 rings (SSSR count). The fourth-order valence-electron chi connectivity index (χ4n) is 3.97. The summed E-state index contributed by atoms with van der Waals surface area (Å²) in [5.41, 5.74) is 6.13. The maximum absolute atomic E-state index is 5.37. The number of fused-ring (bicyclic) bond motifs is 1. The summed E-state index contributed by atoms with van der Waals surface area (Å²) in [7, 11) is 1.79. The van der Waals surface area contributed by atoms with E-state index in [4.69, 9.17) is 4.74 Å². The topological polar surface area (TPSA) is 36.9 Å². The van der Waals surface area contributed by atoms with Crippen molar-refractivity contribution < 1.29 is 4.74 Å². The molecule has 1 saturated heterocycles. The first kappa shape index (κ1) is 19.6. The summed E-state index contributed by atoms with van der Waals surface area (Å²) in [6, 6.07) is 15.8. The van der Waals surface area contributed by atoms with E-state index in [1.165, 1.54) is 45.2 Å². The van der Waals surface area contributed by atoms with Gasteiger partial charge in [-0.05, 0) is 88.5 Å². The van der Waals surface area contributed by atoms with Gasteiger partial charge in [-0.15, -0.1) is 0 Å². The molecule has 0 bridgehead atoms. The van der Waals surface area contributed by atoms with E-state index in [-0.39, 0.29) is 0 Å². The number of methoxy groups -OCH3 is 1. The summed E-state index contributed by atoms with van der Waals surface area (Å²) < 4.78 is 6.61. The molecule has 2 aromatic rings. The van der Waals surface area contributed by atoms with E-state index in [9.17, 15) is 0 Å². The van der Waals surface area contributed by atoms with Gasteiger partial charge in [0.05, 0.1) is 13.2 Å². The van der Waals surface area contributed by atoms with Gasteiger partial charge in [-0.3, -0.25) is 9.89 Å². The van der Waals surface area contributed by atoms with Crippen molar-refractivity contribution in [2.75, 3.05) is 32.1 Å². The van der Waals surface area contributed by atoms with Crippen molar-refractivity contribution in [3.05, 3.63) is 68.9 Å². The van der Waals surface area contributed by atoms with E-state index in [1.54, 1.807) is 7.11 Å². The van der Waals surface area contributed by atoms with Gasteiger partial charge >= 0.3 is 0 Å². The molecule has 4 nitrogen and oxygen atoms in total. The van der Waals surface area contributed by atoms with Gasteiger partial charge in [-0.2, -0.15) is 0 Å². The quantitative estimate of drug-likeness (QED) is 0.596. The predicted molar refractivity (Wildman–Crippen MR) is 125 cm³/mol. The lowest BCUT2D eigenvalue weighted by Gasteiger charge is -2.23. The molecule has 0 amide bonds. The molecule has 2 aliphatic rings. The molecule has 0 spiro atoms. The molecule has 0 saturated carbocycles. The van der Waals surface area contributed by atoms with Crippen LogP contribution in [0, 0.1) is 3.57 Å². The molecule has 146 valence electrons. The minimum absolute atomic E-state index is 0.558. The fourth-order valence-corrected chi connectivity index (χ4v) is 4.46. The Hall–Kier alpha value is -1.70. The van der Waals surface area contributed by atoms with Crippen molar-refractivity contribution >= 4 is 40.1 Å². The maximum atomic E-state index is 5.37. The summed E-state index contributed by atoms with van der Waals surface area (Å²) in [5, 5.41) is 3.45. The number of nitrogens with zero attached hydrogens (tertiary/aromatic N) is 2. The smallest absolute Gasteiger partial charge is 0.0660 e. The first-order chi connectivity index (χ1) is 13.7. The molecule has 1 fully saturated rings. The van der Waals surface area contributed by atoms with Gasteiger partial charge in [0.2, 0.25) is 0 Å². The van der Waals surface area contributed by atoms with Crippen LogP contribution in [0.25, 0.3) is 5.57 Å². The summed E-state index contributed by atoms with van der Waals surface area (Å²) >= 11 is 2.36. The van der Waals surface area contributed by atoms with Crippen LogP contribution in [0.1, 0.15) is 29.5 Å². The summed E-state index contributed by atoms with van der Waals surface area (Å²) in [4.78, 5) is 7.02. The van der Waals surface area contributed by atoms with E-state index in [1.807, 2.05) is 6.21 Å². The number of rotatable bonds is 6. The van der Waals surface area contributed by atoms with Gasteiger partial charge in [0.1, 0.15) is 0 Å². The molecule has 28 heavy (non-hydrogen) atoms. The third-order valence-electron chi connectivity index (χ3n) is 5.46. The fraction of sp³-hybridized carbons (Fsp3) is 0.348. The highest BCUT2D eigenvalue weighted by Gasteiger charge is 2.24. The molecular weight excluding hydrogens is 461 g/mol. The van der Waals surface area contributed by atoms with Gasteiger partial charge in [0.25, 0.3) is 0 Å². The van der Waals surface area contributed by atoms with E-state index in [0.29, 0.717) is 12.6 Å². The van der Waals surface area contributed by atoms with Gasteiger partial charge in [-0.1, -0.05) is 18.2 Å². The molecule has 0 aliphatic carbocycles. The number of anilines is 1. The van der Waals surface area contributed by atoms with Crippen LogP contribution in [0.3, 0.4) is 0 Å². The van der Waals surface area contributed by atoms with Crippen LogP contribution >= 0.6 is 22.6 Å². The largest absolute Gasteiger partial charge is 0.383 e. The molecule has 1 atom stereocenters. The summed E-state index contributed by atoms with van der Waals surface area (Å²) in [5.74, 6) is 0. The van der Waals surface area contributed by atoms with Crippen LogP contribution < -0.4 is 5.32 Å². The Kier molecular flexibility index (Phi) is 6.44. The monoisotopic (exact) mass is 487 g/mol. The number of likely N-dealkylation sites (tertiary alicyclic amines) is 1. The van der Waals surface area contributed by atoms with Gasteiger partial charge < -0.3 is 10.1 Å². The van der Waals surface area contributed by atoms with E-state index >= 15 is 0 Å². The van der Waals surface area contributed by atoms with Crippen LogP contribution in [-0.2, 0) is 11.3 Å². The molecule has 2 aliphatic heterocycles. The second-order valence-electron chi connectivity index (χ2n) is 7.43. The zero-order valence-corrected chi connectivity index (χ0v) is 18.4. The van der Waals surface area contributed by atoms with Crippen LogP contribution in [0.4, 0.5) is 5.69 Å². The second kappa shape index (κ2) is 9.20. The van der Waals surface area contributed by atoms with Crippen molar-refractivity contribution in [1.29, 1.82) is 0 Å². The van der Waals surface area contributed by atoms with Crippen LogP contribution in [0.5, 0.6) is 0 Å². The Bertz CT molecular complexity index is 876. The average Bonchev–Trinajstić information content (AvgIpc) is 3.14. The molecule has 0 unspecified atom stereocenters. The van der Waals surface area contributed by atoms with Crippen molar-refractivity contribution in [2.45, 2.75) is 25.4 Å². The zero-order chi connectivity index (χ0) is 19.3. The van der Waals surface area contributed by atoms with Gasteiger partial charge in [-0.25, -0.2) is 0 Å². The van der Waals surface area contributed by atoms with Crippen molar-refractivity contribution in [3.8, 4) is 0 Å². The van der Waals surface area contributed by atoms with Crippen LogP contribution in [0.2, 0.25) is 0 Å². The van der Waals surface area contributed by atoms with Gasteiger partial charge in [0, 0.05) is 41.4 Å². The lowest BCUT2D eigenvalue weighted by molar-refractivity contribution is 0.112. The SMILES string of the molecule is COC[C@@H]1CCCN1Cc1ccc(N/C=C2\CN=Cc3ccc(I)cc32)cc1. The number of nitrogens with one attached hydrogen (secondary N) is 1.